The third-order valence-corrected chi connectivity index (χ3v) is 4.17. The number of rotatable bonds is 1. The molecule has 0 saturated carbocycles. The Morgan fingerprint density at radius 2 is 1.89 bits per heavy atom. The molecule has 1 aliphatic rings. The van der Waals surface area contributed by atoms with E-state index in [1.165, 1.54) is 0 Å². The lowest BCUT2D eigenvalue weighted by Crippen LogP contribution is -2.04. The van der Waals surface area contributed by atoms with E-state index in [1.807, 2.05) is 18.2 Å². The molecular weight excluding hydrogens is 332 g/mol. The summed E-state index contributed by atoms with van der Waals surface area (Å²) in [5.41, 5.74) is 3.21. The zero-order valence-corrected chi connectivity index (χ0v) is 12.3. The third kappa shape index (κ3) is 2.41. The zero-order chi connectivity index (χ0) is 12.5. The number of thioether (sulfide) groups is 1. The topological polar surface area (TPSA) is 24.9 Å². The van der Waals surface area contributed by atoms with Crippen LogP contribution in [0, 0.1) is 0 Å². The normalized spacial score (nSPS) is 13.6. The number of hydrogen-bond donors (Lipinski definition) is 1. The van der Waals surface area contributed by atoms with Crippen LogP contribution >= 0.6 is 39.3 Å². The van der Waals surface area contributed by atoms with Gasteiger partial charge in [0.2, 0.25) is 0 Å². The van der Waals surface area contributed by atoms with Gasteiger partial charge in [-0.15, -0.1) is 0 Å². The number of fused-ring (bicyclic) bond motifs is 1. The minimum atomic E-state index is 0.517. The number of nitrogens with zero attached hydrogens (tertiary/aromatic N) is 1. The molecule has 0 spiro atoms. The van der Waals surface area contributed by atoms with Gasteiger partial charge in [-0.2, -0.15) is 0 Å². The molecule has 90 valence electrons. The average molecular weight is 340 g/mol. The van der Waals surface area contributed by atoms with Crippen LogP contribution in [-0.4, -0.2) is 4.98 Å². The predicted molar refractivity (Wildman–Crippen MR) is 80.8 cm³/mol. The molecule has 0 radical (unpaired) electrons. The lowest BCUT2D eigenvalue weighted by Gasteiger charge is -2.18. The summed E-state index contributed by atoms with van der Waals surface area (Å²) in [5.74, 6) is 0. The van der Waals surface area contributed by atoms with Gasteiger partial charge in [-0.05, 0) is 29.8 Å². The van der Waals surface area contributed by atoms with Gasteiger partial charge in [-0.25, -0.2) is 4.98 Å². The summed E-state index contributed by atoms with van der Waals surface area (Å²) < 4.78 is 1.07. The Hall–Kier alpha value is -0.970. The molecule has 0 saturated heterocycles. The molecule has 18 heavy (non-hydrogen) atoms. The molecule has 1 aromatic heterocycles. The number of aromatic nitrogens is 1. The first kappa shape index (κ1) is 12.1. The fraction of sp³-hybridized carbons (Fsp3) is 0. The summed E-state index contributed by atoms with van der Waals surface area (Å²) >= 11 is 10.9. The fourth-order valence-electron chi connectivity index (χ4n) is 1.66. The van der Waals surface area contributed by atoms with Gasteiger partial charge in [0.05, 0.1) is 11.4 Å². The Balaban J connectivity index is 1.92. The Bertz CT molecular complexity index is 625. The summed E-state index contributed by atoms with van der Waals surface area (Å²) in [7, 11) is 0. The number of hydrogen-bond acceptors (Lipinski definition) is 3. The summed E-state index contributed by atoms with van der Waals surface area (Å²) in [6.07, 6.45) is 0. The Morgan fingerprint density at radius 1 is 1.11 bits per heavy atom. The van der Waals surface area contributed by atoms with Crippen LogP contribution < -0.4 is 5.32 Å². The molecule has 1 aromatic carbocycles. The molecule has 0 unspecified atom stereocenters. The van der Waals surface area contributed by atoms with Crippen LogP contribution in [0.15, 0.2) is 51.3 Å². The molecular formula is C13H8BrClN2S. The van der Waals surface area contributed by atoms with Crippen molar-refractivity contribution in [3.05, 3.63) is 57.0 Å². The van der Waals surface area contributed by atoms with Crippen molar-refractivity contribution in [3.8, 4) is 0 Å². The molecule has 2 nitrogen and oxygen atoms in total. The molecule has 0 bridgehead atoms. The molecule has 0 aliphatic carbocycles. The second kappa shape index (κ2) is 4.96. The van der Waals surface area contributed by atoms with Crippen LogP contribution in [0.2, 0.25) is 5.15 Å². The molecule has 0 fully saturated rings. The standard InChI is InChI=1S/C13H8BrClN2S/c14-9-3-1-8(2-4-9)11-7-18-13-10(16-11)5-6-12(15)17-13/h1-7,16H. The number of nitrogens with one attached hydrogen (secondary N) is 1. The van der Waals surface area contributed by atoms with Crippen molar-refractivity contribution >= 4 is 50.7 Å². The van der Waals surface area contributed by atoms with Gasteiger partial charge < -0.3 is 5.32 Å². The van der Waals surface area contributed by atoms with Gasteiger partial charge >= 0.3 is 0 Å². The Labute approximate surface area is 123 Å². The van der Waals surface area contributed by atoms with E-state index in [4.69, 9.17) is 11.6 Å². The minimum Gasteiger partial charge on any atom is -0.352 e. The second-order valence-electron chi connectivity index (χ2n) is 3.77. The quantitative estimate of drug-likeness (QED) is 0.739. The van der Waals surface area contributed by atoms with E-state index in [1.54, 1.807) is 17.8 Å². The third-order valence-electron chi connectivity index (χ3n) is 2.54. The van der Waals surface area contributed by atoms with Gasteiger partial charge in [0.25, 0.3) is 0 Å². The highest BCUT2D eigenvalue weighted by atomic mass is 79.9. The largest absolute Gasteiger partial charge is 0.352 e. The van der Waals surface area contributed by atoms with Crippen LogP contribution in [-0.2, 0) is 0 Å². The predicted octanol–water partition coefficient (Wildman–Crippen LogP) is 5.01. The molecule has 1 N–H and O–H groups in total. The zero-order valence-electron chi connectivity index (χ0n) is 9.15. The van der Waals surface area contributed by atoms with E-state index in [9.17, 15) is 0 Å². The van der Waals surface area contributed by atoms with Gasteiger partial charge in [0, 0.05) is 9.88 Å². The summed E-state index contributed by atoms with van der Waals surface area (Å²) in [6, 6.07) is 11.9. The first-order chi connectivity index (χ1) is 8.72. The maximum Gasteiger partial charge on any atom is 0.130 e. The number of pyridine rings is 1. The molecule has 0 atom stereocenters. The van der Waals surface area contributed by atoms with Crippen LogP contribution in [0.3, 0.4) is 0 Å². The van der Waals surface area contributed by atoms with Gasteiger partial charge in [0.15, 0.2) is 0 Å². The van der Waals surface area contributed by atoms with Gasteiger partial charge in [-0.3, -0.25) is 0 Å². The van der Waals surface area contributed by atoms with Crippen LogP contribution in [0.25, 0.3) is 5.70 Å². The lowest BCUT2D eigenvalue weighted by molar-refractivity contribution is 1.14. The van der Waals surface area contributed by atoms with Crippen molar-refractivity contribution in [2.24, 2.45) is 0 Å². The summed E-state index contributed by atoms with van der Waals surface area (Å²) in [4.78, 5) is 4.27. The second-order valence-corrected chi connectivity index (χ2v) is 5.93. The van der Waals surface area contributed by atoms with E-state index >= 15 is 0 Å². The monoisotopic (exact) mass is 338 g/mol. The number of halogens is 2. The first-order valence-corrected chi connectivity index (χ1v) is 7.34. The van der Waals surface area contributed by atoms with E-state index in [-0.39, 0.29) is 0 Å². The highest BCUT2D eigenvalue weighted by molar-refractivity contribution is 9.10. The SMILES string of the molecule is Clc1ccc2c(n1)SC=C(c1ccc(Br)cc1)N2. The van der Waals surface area contributed by atoms with Gasteiger partial charge in [-0.1, -0.05) is 51.4 Å². The maximum absolute atomic E-state index is 5.87. The lowest BCUT2D eigenvalue weighted by atomic mass is 10.2. The van der Waals surface area contributed by atoms with Crippen molar-refractivity contribution in [1.82, 2.24) is 4.98 Å². The smallest absolute Gasteiger partial charge is 0.130 e. The van der Waals surface area contributed by atoms with E-state index in [2.05, 4.69) is 43.8 Å². The van der Waals surface area contributed by atoms with Crippen molar-refractivity contribution in [3.63, 3.8) is 0 Å². The van der Waals surface area contributed by atoms with E-state index in [0.29, 0.717) is 5.15 Å². The van der Waals surface area contributed by atoms with Crippen molar-refractivity contribution in [2.75, 3.05) is 5.32 Å². The summed E-state index contributed by atoms with van der Waals surface area (Å²) in [5, 5.41) is 6.84. The molecule has 0 amide bonds. The number of benzene rings is 1. The van der Waals surface area contributed by atoms with E-state index < -0.39 is 0 Å². The highest BCUT2D eigenvalue weighted by Crippen LogP contribution is 2.36. The molecule has 2 heterocycles. The van der Waals surface area contributed by atoms with Crippen LogP contribution in [0.5, 0.6) is 0 Å². The van der Waals surface area contributed by atoms with Crippen molar-refractivity contribution in [1.29, 1.82) is 0 Å². The molecule has 1 aliphatic heterocycles. The molecule has 3 rings (SSSR count). The Kier molecular flexibility index (Phi) is 3.33. The fourth-order valence-corrected chi connectivity index (χ4v) is 2.95. The highest BCUT2D eigenvalue weighted by Gasteiger charge is 2.13. The van der Waals surface area contributed by atoms with Crippen LogP contribution in [0.4, 0.5) is 5.69 Å². The van der Waals surface area contributed by atoms with E-state index in [0.717, 1.165) is 26.4 Å². The van der Waals surface area contributed by atoms with Gasteiger partial charge in [0.1, 0.15) is 10.2 Å². The first-order valence-electron chi connectivity index (χ1n) is 5.29. The summed E-state index contributed by atoms with van der Waals surface area (Å²) in [6.45, 7) is 0. The van der Waals surface area contributed by atoms with Crippen molar-refractivity contribution < 1.29 is 0 Å². The Morgan fingerprint density at radius 3 is 2.67 bits per heavy atom. The maximum atomic E-state index is 5.87. The minimum absolute atomic E-state index is 0.517. The molecule has 5 heteroatoms. The molecule has 2 aromatic rings. The average Bonchev–Trinajstić information content (AvgIpc) is 2.39. The van der Waals surface area contributed by atoms with Crippen molar-refractivity contribution in [2.45, 2.75) is 5.03 Å². The van der Waals surface area contributed by atoms with Crippen LogP contribution in [0.1, 0.15) is 5.56 Å². The number of anilines is 1.